The van der Waals surface area contributed by atoms with Gasteiger partial charge in [-0.1, -0.05) is 12.1 Å². The summed E-state index contributed by atoms with van der Waals surface area (Å²) in [6.45, 7) is 2.60. The number of nitrogens with one attached hydrogen (secondary N) is 2. The SMILES string of the molecule is C[C@H](Nc1nc(Nc2cnccn2)cc(N2CCC[C@H]2C(N)=O)n1)c1ccc(F)cc1. The third-order valence-corrected chi connectivity index (χ3v) is 5.12. The van der Waals surface area contributed by atoms with Gasteiger partial charge in [0.15, 0.2) is 0 Å². The molecule has 1 aliphatic heterocycles. The summed E-state index contributed by atoms with van der Waals surface area (Å²) < 4.78 is 13.3. The summed E-state index contributed by atoms with van der Waals surface area (Å²) in [5, 5.41) is 6.36. The first-order chi connectivity index (χ1) is 15.0. The summed E-state index contributed by atoms with van der Waals surface area (Å²) in [6.07, 6.45) is 6.26. The minimum absolute atomic E-state index is 0.175. The van der Waals surface area contributed by atoms with E-state index in [9.17, 15) is 9.18 Å². The van der Waals surface area contributed by atoms with Crippen molar-refractivity contribution in [2.24, 2.45) is 5.73 Å². The van der Waals surface area contributed by atoms with Gasteiger partial charge in [-0.15, -0.1) is 0 Å². The second-order valence-corrected chi connectivity index (χ2v) is 7.32. The zero-order chi connectivity index (χ0) is 21.8. The Morgan fingerprint density at radius 3 is 2.74 bits per heavy atom. The van der Waals surface area contributed by atoms with E-state index in [-0.39, 0.29) is 17.8 Å². The minimum Gasteiger partial charge on any atom is -0.368 e. The molecule has 4 N–H and O–H groups in total. The number of hydrogen-bond donors (Lipinski definition) is 3. The lowest BCUT2D eigenvalue weighted by molar-refractivity contribution is -0.119. The smallest absolute Gasteiger partial charge is 0.240 e. The van der Waals surface area contributed by atoms with Crippen molar-refractivity contribution in [3.05, 3.63) is 60.3 Å². The van der Waals surface area contributed by atoms with Gasteiger partial charge in [0.1, 0.15) is 29.3 Å². The van der Waals surface area contributed by atoms with E-state index in [1.54, 1.807) is 36.8 Å². The maximum atomic E-state index is 13.3. The van der Waals surface area contributed by atoms with Gasteiger partial charge in [-0.05, 0) is 37.5 Å². The maximum Gasteiger partial charge on any atom is 0.240 e. The van der Waals surface area contributed by atoms with Gasteiger partial charge >= 0.3 is 0 Å². The van der Waals surface area contributed by atoms with Crippen LogP contribution in [0.15, 0.2) is 48.9 Å². The van der Waals surface area contributed by atoms with Crippen LogP contribution in [0.4, 0.5) is 27.8 Å². The predicted octanol–water partition coefficient (Wildman–Crippen LogP) is 2.78. The number of carbonyl (C=O) groups excluding carboxylic acids is 1. The monoisotopic (exact) mass is 422 g/mol. The summed E-state index contributed by atoms with van der Waals surface area (Å²) in [7, 11) is 0. The van der Waals surface area contributed by atoms with Gasteiger partial charge in [-0.25, -0.2) is 9.37 Å². The molecule has 0 saturated carbocycles. The van der Waals surface area contributed by atoms with Crippen molar-refractivity contribution >= 4 is 29.3 Å². The molecule has 3 heterocycles. The zero-order valence-electron chi connectivity index (χ0n) is 17.0. The standard InChI is InChI=1S/C21H23FN8O/c1-13(14-4-6-15(22)7-5-14)26-21-28-17(27-18-12-24-8-9-25-18)11-19(29-21)30-10-2-3-16(30)20(23)31/h4-9,11-13,16H,2-3,10H2,1H3,(H2,23,31)(H2,25,26,27,28,29)/t13-,16-/m0/s1. The number of primary amides is 1. The molecule has 3 aromatic rings. The van der Waals surface area contributed by atoms with Crippen LogP contribution < -0.4 is 21.3 Å². The minimum atomic E-state index is -0.415. The molecule has 0 spiro atoms. The van der Waals surface area contributed by atoms with Crippen molar-refractivity contribution in [2.75, 3.05) is 22.1 Å². The van der Waals surface area contributed by atoms with E-state index < -0.39 is 6.04 Å². The maximum absolute atomic E-state index is 13.3. The highest BCUT2D eigenvalue weighted by molar-refractivity contribution is 5.84. The average Bonchev–Trinajstić information content (AvgIpc) is 3.25. The summed E-state index contributed by atoms with van der Waals surface area (Å²) >= 11 is 0. The molecule has 160 valence electrons. The molecule has 0 aliphatic carbocycles. The zero-order valence-corrected chi connectivity index (χ0v) is 17.0. The van der Waals surface area contributed by atoms with Crippen LogP contribution in [0, 0.1) is 5.82 Å². The second-order valence-electron chi connectivity index (χ2n) is 7.32. The molecule has 0 bridgehead atoms. The normalized spacial score (nSPS) is 16.7. The van der Waals surface area contributed by atoms with Crippen LogP contribution in [0.25, 0.3) is 0 Å². The first-order valence-electron chi connectivity index (χ1n) is 9.99. The molecule has 0 unspecified atom stereocenters. The van der Waals surface area contributed by atoms with E-state index in [1.807, 2.05) is 11.8 Å². The van der Waals surface area contributed by atoms with Crippen LogP contribution in [-0.2, 0) is 4.79 Å². The highest BCUT2D eigenvalue weighted by atomic mass is 19.1. The fourth-order valence-corrected chi connectivity index (χ4v) is 3.57. The number of halogens is 1. The van der Waals surface area contributed by atoms with Crippen LogP contribution in [0.2, 0.25) is 0 Å². The molecule has 1 amide bonds. The summed E-state index contributed by atoms with van der Waals surface area (Å²) in [5.41, 5.74) is 6.47. The molecular weight excluding hydrogens is 399 g/mol. The van der Waals surface area contributed by atoms with Gasteiger partial charge in [0, 0.05) is 25.0 Å². The van der Waals surface area contributed by atoms with Gasteiger partial charge in [0.25, 0.3) is 0 Å². The van der Waals surface area contributed by atoms with E-state index in [0.29, 0.717) is 36.4 Å². The third-order valence-electron chi connectivity index (χ3n) is 5.12. The fourth-order valence-electron chi connectivity index (χ4n) is 3.57. The van der Waals surface area contributed by atoms with E-state index in [2.05, 4.69) is 30.6 Å². The number of nitrogens with two attached hydrogens (primary N) is 1. The molecule has 1 aliphatic rings. The Kier molecular flexibility index (Phi) is 5.87. The number of carbonyl (C=O) groups is 1. The van der Waals surface area contributed by atoms with Crippen molar-refractivity contribution in [3.8, 4) is 0 Å². The van der Waals surface area contributed by atoms with Crippen molar-refractivity contribution in [1.82, 2.24) is 19.9 Å². The Labute approximate surface area is 178 Å². The number of amides is 1. The number of benzene rings is 1. The molecule has 9 nitrogen and oxygen atoms in total. The topological polar surface area (TPSA) is 122 Å². The quantitative estimate of drug-likeness (QED) is 0.531. The van der Waals surface area contributed by atoms with Gasteiger partial charge in [0.2, 0.25) is 11.9 Å². The van der Waals surface area contributed by atoms with Crippen molar-refractivity contribution in [2.45, 2.75) is 31.8 Å². The van der Waals surface area contributed by atoms with Gasteiger partial charge in [-0.2, -0.15) is 9.97 Å². The number of aromatic nitrogens is 4. The lowest BCUT2D eigenvalue weighted by atomic mass is 10.1. The van der Waals surface area contributed by atoms with Gasteiger partial charge in [-0.3, -0.25) is 9.78 Å². The fraction of sp³-hybridized carbons (Fsp3) is 0.286. The van der Waals surface area contributed by atoms with E-state index >= 15 is 0 Å². The molecule has 4 rings (SSSR count). The summed E-state index contributed by atoms with van der Waals surface area (Å²) in [4.78, 5) is 31.2. The van der Waals surface area contributed by atoms with Gasteiger partial charge < -0.3 is 21.3 Å². The van der Waals surface area contributed by atoms with Crippen molar-refractivity contribution in [1.29, 1.82) is 0 Å². The van der Waals surface area contributed by atoms with Crippen LogP contribution in [-0.4, -0.2) is 38.4 Å². The highest BCUT2D eigenvalue weighted by Crippen LogP contribution is 2.28. The molecule has 10 heteroatoms. The average molecular weight is 422 g/mol. The lowest BCUT2D eigenvalue weighted by Crippen LogP contribution is -2.40. The molecule has 1 fully saturated rings. The number of hydrogen-bond acceptors (Lipinski definition) is 8. The summed E-state index contributed by atoms with van der Waals surface area (Å²) in [5.74, 6) is 1.28. The Bertz CT molecular complexity index is 1050. The van der Waals surface area contributed by atoms with Crippen molar-refractivity contribution < 1.29 is 9.18 Å². The van der Waals surface area contributed by atoms with E-state index in [1.165, 1.54) is 12.1 Å². The Hall–Kier alpha value is -3.82. The molecule has 1 saturated heterocycles. The van der Waals surface area contributed by atoms with Gasteiger partial charge in [0.05, 0.1) is 12.2 Å². The van der Waals surface area contributed by atoms with Crippen molar-refractivity contribution in [3.63, 3.8) is 0 Å². The van der Waals surface area contributed by atoms with Crippen LogP contribution in [0.5, 0.6) is 0 Å². The second kappa shape index (κ2) is 8.90. The third kappa shape index (κ3) is 4.85. The largest absolute Gasteiger partial charge is 0.368 e. The van der Waals surface area contributed by atoms with Crippen LogP contribution in [0.3, 0.4) is 0 Å². The molecule has 0 radical (unpaired) electrons. The molecule has 31 heavy (non-hydrogen) atoms. The molecule has 1 aromatic carbocycles. The lowest BCUT2D eigenvalue weighted by Gasteiger charge is -2.24. The molecule has 2 aromatic heterocycles. The Morgan fingerprint density at radius 1 is 1.23 bits per heavy atom. The predicted molar refractivity (Wildman–Crippen MR) is 115 cm³/mol. The van der Waals surface area contributed by atoms with Crippen LogP contribution in [0.1, 0.15) is 31.4 Å². The Morgan fingerprint density at radius 2 is 2.03 bits per heavy atom. The molecule has 2 atom stereocenters. The Balaban J connectivity index is 1.65. The summed E-state index contributed by atoms with van der Waals surface area (Å²) in [6, 6.07) is 7.40. The molecular formula is C21H23FN8O. The first kappa shape index (κ1) is 20.5. The number of rotatable bonds is 7. The first-order valence-corrected chi connectivity index (χ1v) is 9.99. The van der Waals surface area contributed by atoms with Crippen LogP contribution >= 0.6 is 0 Å². The number of anilines is 4. The number of nitrogens with zero attached hydrogens (tertiary/aromatic N) is 5. The van der Waals surface area contributed by atoms with E-state index in [0.717, 1.165) is 12.0 Å². The van der Waals surface area contributed by atoms with E-state index in [4.69, 9.17) is 5.73 Å². The highest BCUT2D eigenvalue weighted by Gasteiger charge is 2.30.